The van der Waals surface area contributed by atoms with Crippen molar-refractivity contribution < 1.29 is 23.8 Å². The molecule has 0 N–H and O–H groups in total. The summed E-state index contributed by atoms with van der Waals surface area (Å²) < 4.78 is 16.3. The topological polar surface area (TPSA) is 65.1 Å². The Morgan fingerprint density at radius 3 is 2.44 bits per heavy atom. The lowest BCUT2D eigenvalue weighted by Crippen LogP contribution is -2.42. The van der Waals surface area contributed by atoms with Crippen LogP contribution in [0.2, 0.25) is 0 Å². The van der Waals surface area contributed by atoms with Crippen LogP contribution in [0.3, 0.4) is 0 Å². The highest BCUT2D eigenvalue weighted by atomic mass is 16.6. The molecule has 1 unspecified atom stereocenters. The number of methoxy groups -OCH3 is 2. The molecule has 0 saturated carbocycles. The highest BCUT2D eigenvalue weighted by Gasteiger charge is 2.30. The smallest absolute Gasteiger partial charge is 0.410 e. The number of carbonyl (C=O) groups is 2. The molecule has 1 atom stereocenters. The van der Waals surface area contributed by atoms with Crippen LogP contribution in [0.4, 0.5) is 4.79 Å². The zero-order valence-corrected chi connectivity index (χ0v) is 15.6. The van der Waals surface area contributed by atoms with Crippen molar-refractivity contribution in [2.75, 3.05) is 27.3 Å². The standard InChI is InChI=1S/C19H27NO5/c1-19(2,3)25-18(22)20-8-6-7-13(11-20)15-10-16(23-4)14(12-21)9-17(15)24-5/h9-10,12-13H,6-8,11H2,1-5H3. The van der Waals surface area contributed by atoms with Gasteiger partial charge in [-0.1, -0.05) is 0 Å². The van der Waals surface area contributed by atoms with Gasteiger partial charge in [-0.2, -0.15) is 0 Å². The van der Waals surface area contributed by atoms with Crippen LogP contribution in [0.1, 0.15) is 55.5 Å². The molecule has 6 nitrogen and oxygen atoms in total. The Kier molecular flexibility index (Phi) is 5.93. The number of nitrogens with zero attached hydrogens (tertiary/aromatic N) is 1. The number of hydrogen-bond donors (Lipinski definition) is 0. The first-order valence-corrected chi connectivity index (χ1v) is 8.48. The lowest BCUT2D eigenvalue weighted by Gasteiger charge is -2.34. The second-order valence-electron chi connectivity index (χ2n) is 7.22. The SMILES string of the molecule is COc1cc(C2CCCN(C(=O)OC(C)(C)C)C2)c(OC)cc1C=O. The van der Waals surface area contributed by atoms with Gasteiger partial charge in [0.25, 0.3) is 0 Å². The molecule has 1 aromatic carbocycles. The van der Waals surface area contributed by atoms with Crippen molar-refractivity contribution in [3.8, 4) is 11.5 Å². The van der Waals surface area contributed by atoms with Crippen molar-refractivity contribution in [1.82, 2.24) is 4.90 Å². The summed E-state index contributed by atoms with van der Waals surface area (Å²) >= 11 is 0. The molecule has 0 aromatic heterocycles. The van der Waals surface area contributed by atoms with Gasteiger partial charge in [-0.15, -0.1) is 0 Å². The van der Waals surface area contributed by atoms with E-state index in [2.05, 4.69) is 0 Å². The van der Waals surface area contributed by atoms with Crippen LogP contribution >= 0.6 is 0 Å². The minimum absolute atomic E-state index is 0.103. The summed E-state index contributed by atoms with van der Waals surface area (Å²) in [6, 6.07) is 3.53. The second kappa shape index (κ2) is 7.76. The quantitative estimate of drug-likeness (QED) is 0.777. The molecular weight excluding hydrogens is 322 g/mol. The summed E-state index contributed by atoms with van der Waals surface area (Å²) in [6.45, 7) is 6.81. The fraction of sp³-hybridized carbons (Fsp3) is 0.579. The fourth-order valence-corrected chi connectivity index (χ4v) is 3.08. The predicted molar refractivity (Wildman–Crippen MR) is 94.7 cm³/mol. The maximum Gasteiger partial charge on any atom is 0.410 e. The maximum atomic E-state index is 12.4. The Morgan fingerprint density at radius 2 is 1.88 bits per heavy atom. The number of benzene rings is 1. The molecule has 25 heavy (non-hydrogen) atoms. The lowest BCUT2D eigenvalue weighted by molar-refractivity contribution is 0.0197. The first-order chi connectivity index (χ1) is 11.8. The minimum Gasteiger partial charge on any atom is -0.496 e. The van der Waals surface area contributed by atoms with Crippen LogP contribution in [-0.4, -0.2) is 50.2 Å². The third-order valence-electron chi connectivity index (χ3n) is 4.22. The number of ether oxygens (including phenoxy) is 3. The second-order valence-corrected chi connectivity index (χ2v) is 7.22. The first kappa shape index (κ1) is 19.1. The predicted octanol–water partition coefficient (Wildman–Crippen LogP) is 3.63. The van der Waals surface area contributed by atoms with E-state index >= 15 is 0 Å². The largest absolute Gasteiger partial charge is 0.496 e. The Morgan fingerprint density at radius 1 is 1.20 bits per heavy atom. The minimum atomic E-state index is -0.517. The van der Waals surface area contributed by atoms with Crippen LogP contribution in [0.5, 0.6) is 11.5 Å². The van der Waals surface area contributed by atoms with Gasteiger partial charge in [-0.25, -0.2) is 4.79 Å². The molecule has 138 valence electrons. The van der Waals surface area contributed by atoms with Crippen molar-refractivity contribution in [2.24, 2.45) is 0 Å². The summed E-state index contributed by atoms with van der Waals surface area (Å²) in [5.74, 6) is 1.25. The van der Waals surface area contributed by atoms with E-state index in [1.54, 1.807) is 18.1 Å². The van der Waals surface area contributed by atoms with Gasteiger partial charge in [0, 0.05) is 24.6 Å². The van der Waals surface area contributed by atoms with E-state index in [0.717, 1.165) is 24.7 Å². The van der Waals surface area contributed by atoms with Gasteiger partial charge in [0.2, 0.25) is 0 Å². The van der Waals surface area contributed by atoms with Crippen molar-refractivity contribution in [1.29, 1.82) is 0 Å². The van der Waals surface area contributed by atoms with Crippen LogP contribution in [0, 0.1) is 0 Å². The number of amides is 1. The molecule has 0 spiro atoms. The number of likely N-dealkylation sites (tertiary alicyclic amines) is 1. The van der Waals surface area contributed by atoms with Crippen LogP contribution in [-0.2, 0) is 4.74 Å². The summed E-state index contributed by atoms with van der Waals surface area (Å²) in [4.78, 5) is 25.3. The van der Waals surface area contributed by atoms with Crippen LogP contribution in [0.15, 0.2) is 12.1 Å². The van der Waals surface area contributed by atoms with Gasteiger partial charge in [-0.3, -0.25) is 4.79 Å². The van der Waals surface area contributed by atoms with Crippen molar-refractivity contribution in [3.05, 3.63) is 23.3 Å². The number of carbonyl (C=O) groups excluding carboxylic acids is 2. The Hall–Kier alpha value is -2.24. The van der Waals surface area contributed by atoms with Crippen LogP contribution < -0.4 is 9.47 Å². The van der Waals surface area contributed by atoms with Crippen molar-refractivity contribution in [2.45, 2.75) is 45.1 Å². The fourth-order valence-electron chi connectivity index (χ4n) is 3.08. The van der Waals surface area contributed by atoms with E-state index in [1.807, 2.05) is 26.8 Å². The molecule has 0 bridgehead atoms. The van der Waals surface area contributed by atoms with Gasteiger partial charge in [0.15, 0.2) is 6.29 Å². The Bertz CT molecular complexity index is 635. The molecule has 1 fully saturated rings. The van der Waals surface area contributed by atoms with E-state index in [1.165, 1.54) is 7.11 Å². The van der Waals surface area contributed by atoms with Gasteiger partial charge in [-0.05, 0) is 45.7 Å². The van der Waals surface area contributed by atoms with Gasteiger partial charge < -0.3 is 19.1 Å². The highest BCUT2D eigenvalue weighted by molar-refractivity contribution is 5.81. The third kappa shape index (κ3) is 4.65. The Labute approximate surface area is 149 Å². The first-order valence-electron chi connectivity index (χ1n) is 8.48. The number of hydrogen-bond acceptors (Lipinski definition) is 5. The molecule has 1 aromatic rings. The molecular formula is C19H27NO5. The molecule has 0 aliphatic carbocycles. The number of rotatable bonds is 4. The van der Waals surface area contributed by atoms with E-state index in [0.29, 0.717) is 30.2 Å². The van der Waals surface area contributed by atoms with Crippen LogP contribution in [0.25, 0.3) is 0 Å². The average molecular weight is 349 g/mol. The average Bonchev–Trinajstić information content (AvgIpc) is 2.59. The molecule has 0 radical (unpaired) electrons. The molecule has 1 saturated heterocycles. The zero-order valence-electron chi connectivity index (χ0n) is 15.6. The van der Waals surface area contributed by atoms with E-state index in [-0.39, 0.29) is 12.0 Å². The molecule has 1 aliphatic heterocycles. The number of aldehydes is 1. The van der Waals surface area contributed by atoms with E-state index < -0.39 is 5.60 Å². The summed E-state index contributed by atoms with van der Waals surface area (Å²) in [7, 11) is 3.11. The summed E-state index contributed by atoms with van der Waals surface area (Å²) in [6.07, 6.45) is 2.26. The molecule has 6 heteroatoms. The highest BCUT2D eigenvalue weighted by Crippen LogP contribution is 2.37. The maximum absolute atomic E-state index is 12.4. The lowest BCUT2D eigenvalue weighted by atomic mass is 9.89. The molecule has 1 amide bonds. The third-order valence-corrected chi connectivity index (χ3v) is 4.22. The number of piperidine rings is 1. The van der Waals surface area contributed by atoms with Crippen molar-refractivity contribution >= 4 is 12.4 Å². The van der Waals surface area contributed by atoms with Gasteiger partial charge in [0.1, 0.15) is 17.1 Å². The normalized spacial score (nSPS) is 17.8. The van der Waals surface area contributed by atoms with Crippen molar-refractivity contribution in [3.63, 3.8) is 0 Å². The van der Waals surface area contributed by atoms with E-state index in [4.69, 9.17) is 14.2 Å². The zero-order chi connectivity index (χ0) is 18.6. The summed E-state index contributed by atoms with van der Waals surface area (Å²) in [5.41, 5.74) is 0.873. The van der Waals surface area contributed by atoms with E-state index in [9.17, 15) is 9.59 Å². The molecule has 1 aliphatic rings. The Balaban J connectivity index is 2.26. The monoisotopic (exact) mass is 349 g/mol. The molecule has 1 heterocycles. The molecule has 2 rings (SSSR count). The van der Waals surface area contributed by atoms with Gasteiger partial charge in [0.05, 0.1) is 19.8 Å². The van der Waals surface area contributed by atoms with Gasteiger partial charge >= 0.3 is 6.09 Å². The summed E-state index contributed by atoms with van der Waals surface area (Å²) in [5, 5.41) is 0.